The first-order valence-electron chi connectivity index (χ1n) is 8.75. The Balaban J connectivity index is 1.80. The van der Waals surface area contributed by atoms with Crippen molar-refractivity contribution in [2.24, 2.45) is 0 Å². The Morgan fingerprint density at radius 3 is 2.00 bits per heavy atom. The normalized spacial score (nSPS) is 11.4. The fourth-order valence-electron chi connectivity index (χ4n) is 2.82. The fourth-order valence-corrected chi connectivity index (χ4v) is 2.82. The van der Waals surface area contributed by atoms with Crippen LogP contribution in [0.4, 0.5) is 0 Å². The maximum atomic E-state index is 12.8. The van der Waals surface area contributed by atoms with Crippen LogP contribution in [0, 0.1) is 0 Å². The Hall–Kier alpha value is -3.46. The summed E-state index contributed by atoms with van der Waals surface area (Å²) in [6.07, 6.45) is 1.66. The summed E-state index contributed by atoms with van der Waals surface area (Å²) in [6.45, 7) is 3.76. The minimum Gasteiger partial charge on any atom is -0.454 e. The molecule has 0 bridgehead atoms. The molecule has 3 nitrogen and oxygen atoms in total. The van der Waals surface area contributed by atoms with Gasteiger partial charge in [-0.15, -0.1) is 0 Å². The van der Waals surface area contributed by atoms with E-state index in [9.17, 15) is 9.59 Å². The third kappa shape index (κ3) is 4.59. The molecule has 134 valence electrons. The number of benzene rings is 3. The SMILES string of the molecule is C=CC(Cc1ccccc1)OC(=O)c1ccccc1C(=O)c1ccccc1. The van der Waals surface area contributed by atoms with Crippen molar-refractivity contribution in [3.8, 4) is 0 Å². The van der Waals surface area contributed by atoms with Gasteiger partial charge in [-0.2, -0.15) is 0 Å². The standard InChI is InChI=1S/C24H20O3/c1-2-20(17-18-11-5-3-6-12-18)27-24(26)22-16-10-9-15-21(22)23(25)19-13-7-4-8-14-19/h2-16,20H,1,17H2. The molecule has 0 amide bonds. The summed E-state index contributed by atoms with van der Waals surface area (Å²) >= 11 is 0. The van der Waals surface area contributed by atoms with Gasteiger partial charge < -0.3 is 4.74 Å². The van der Waals surface area contributed by atoms with Crippen LogP contribution in [0.15, 0.2) is 97.6 Å². The zero-order valence-electron chi connectivity index (χ0n) is 14.9. The van der Waals surface area contributed by atoms with E-state index in [2.05, 4.69) is 6.58 Å². The van der Waals surface area contributed by atoms with Gasteiger partial charge in [0, 0.05) is 17.5 Å². The number of hydrogen-bond donors (Lipinski definition) is 0. The number of ketones is 1. The van der Waals surface area contributed by atoms with Crippen LogP contribution in [0.25, 0.3) is 0 Å². The third-order valence-electron chi connectivity index (χ3n) is 4.23. The van der Waals surface area contributed by atoms with Gasteiger partial charge in [-0.05, 0) is 11.6 Å². The first-order valence-corrected chi connectivity index (χ1v) is 8.75. The molecular formula is C24H20O3. The van der Waals surface area contributed by atoms with Crippen molar-refractivity contribution < 1.29 is 14.3 Å². The van der Waals surface area contributed by atoms with Crippen molar-refractivity contribution in [3.05, 3.63) is 120 Å². The molecule has 0 fully saturated rings. The van der Waals surface area contributed by atoms with Gasteiger partial charge in [0.15, 0.2) is 5.78 Å². The fraction of sp³-hybridized carbons (Fsp3) is 0.0833. The van der Waals surface area contributed by atoms with E-state index in [0.717, 1.165) is 5.56 Å². The Kier molecular flexibility index (Phi) is 5.95. The molecule has 3 heteroatoms. The zero-order chi connectivity index (χ0) is 19.1. The molecule has 0 radical (unpaired) electrons. The van der Waals surface area contributed by atoms with Crippen LogP contribution in [0.5, 0.6) is 0 Å². The quantitative estimate of drug-likeness (QED) is 0.344. The lowest BCUT2D eigenvalue weighted by molar-refractivity contribution is 0.0394. The first kappa shape index (κ1) is 18.3. The average Bonchev–Trinajstić information content (AvgIpc) is 2.74. The summed E-state index contributed by atoms with van der Waals surface area (Å²) in [7, 11) is 0. The third-order valence-corrected chi connectivity index (χ3v) is 4.23. The summed E-state index contributed by atoms with van der Waals surface area (Å²) in [5.74, 6) is -0.739. The first-order chi connectivity index (χ1) is 13.2. The lowest BCUT2D eigenvalue weighted by Gasteiger charge is -2.15. The molecule has 0 aliphatic rings. The van der Waals surface area contributed by atoms with E-state index in [1.807, 2.05) is 36.4 Å². The molecule has 0 spiro atoms. The molecule has 0 aliphatic carbocycles. The molecule has 0 aliphatic heterocycles. The van der Waals surface area contributed by atoms with Crippen molar-refractivity contribution in [2.45, 2.75) is 12.5 Å². The summed E-state index contributed by atoms with van der Waals surface area (Å²) < 4.78 is 5.61. The van der Waals surface area contributed by atoms with E-state index < -0.39 is 12.1 Å². The van der Waals surface area contributed by atoms with Gasteiger partial charge in [-0.1, -0.05) is 91.5 Å². The van der Waals surface area contributed by atoms with Crippen molar-refractivity contribution in [1.82, 2.24) is 0 Å². The minimum absolute atomic E-state index is 0.207. The second-order valence-electron chi connectivity index (χ2n) is 6.11. The van der Waals surface area contributed by atoms with Crippen LogP contribution in [0.2, 0.25) is 0 Å². The smallest absolute Gasteiger partial charge is 0.339 e. The molecule has 3 rings (SSSR count). The van der Waals surface area contributed by atoms with E-state index >= 15 is 0 Å². The van der Waals surface area contributed by atoms with Crippen LogP contribution < -0.4 is 0 Å². The molecule has 0 heterocycles. The number of carbonyl (C=O) groups excluding carboxylic acids is 2. The average molecular weight is 356 g/mol. The van der Waals surface area contributed by atoms with Crippen molar-refractivity contribution in [3.63, 3.8) is 0 Å². The molecular weight excluding hydrogens is 336 g/mol. The lowest BCUT2D eigenvalue weighted by Crippen LogP contribution is -2.20. The number of rotatable bonds is 7. The van der Waals surface area contributed by atoms with E-state index in [1.54, 1.807) is 54.6 Å². The highest BCUT2D eigenvalue weighted by Gasteiger charge is 2.21. The molecule has 0 N–H and O–H groups in total. The zero-order valence-corrected chi connectivity index (χ0v) is 14.9. The summed E-state index contributed by atoms with van der Waals surface area (Å²) in [5.41, 5.74) is 2.16. The Morgan fingerprint density at radius 1 is 0.815 bits per heavy atom. The Bertz CT molecular complexity index is 930. The molecule has 0 aromatic heterocycles. The second-order valence-corrected chi connectivity index (χ2v) is 6.11. The maximum absolute atomic E-state index is 12.8. The lowest BCUT2D eigenvalue weighted by atomic mass is 9.98. The van der Waals surface area contributed by atoms with E-state index in [0.29, 0.717) is 17.5 Å². The van der Waals surface area contributed by atoms with Crippen LogP contribution in [-0.4, -0.2) is 17.9 Å². The van der Waals surface area contributed by atoms with Gasteiger partial charge >= 0.3 is 5.97 Å². The van der Waals surface area contributed by atoms with Crippen molar-refractivity contribution in [1.29, 1.82) is 0 Å². The van der Waals surface area contributed by atoms with Crippen LogP contribution in [0.3, 0.4) is 0 Å². The van der Waals surface area contributed by atoms with Gasteiger partial charge in [0.05, 0.1) is 5.56 Å². The number of esters is 1. The topological polar surface area (TPSA) is 43.4 Å². The maximum Gasteiger partial charge on any atom is 0.339 e. The molecule has 1 atom stereocenters. The van der Waals surface area contributed by atoms with Crippen LogP contribution in [0.1, 0.15) is 31.8 Å². The highest BCUT2D eigenvalue weighted by Crippen LogP contribution is 2.17. The summed E-state index contributed by atoms with van der Waals surface area (Å²) in [6, 6.07) is 25.3. The van der Waals surface area contributed by atoms with Crippen molar-refractivity contribution in [2.75, 3.05) is 0 Å². The second kappa shape index (κ2) is 8.77. The molecule has 3 aromatic rings. The van der Waals surface area contributed by atoms with E-state index in [1.165, 1.54) is 0 Å². The summed E-state index contributed by atoms with van der Waals surface area (Å²) in [4.78, 5) is 25.5. The molecule has 0 saturated heterocycles. The van der Waals surface area contributed by atoms with E-state index in [-0.39, 0.29) is 11.3 Å². The summed E-state index contributed by atoms with van der Waals surface area (Å²) in [5, 5.41) is 0. The molecule has 27 heavy (non-hydrogen) atoms. The van der Waals surface area contributed by atoms with Crippen molar-refractivity contribution >= 4 is 11.8 Å². The monoisotopic (exact) mass is 356 g/mol. The molecule has 0 saturated carbocycles. The predicted octanol–water partition coefficient (Wildman–Crippen LogP) is 4.87. The number of ether oxygens (including phenoxy) is 1. The Morgan fingerprint density at radius 2 is 1.37 bits per heavy atom. The number of hydrogen-bond acceptors (Lipinski definition) is 3. The highest BCUT2D eigenvalue weighted by molar-refractivity contribution is 6.14. The van der Waals surface area contributed by atoms with Gasteiger partial charge in [0.25, 0.3) is 0 Å². The highest BCUT2D eigenvalue weighted by atomic mass is 16.5. The molecule has 1 unspecified atom stereocenters. The largest absolute Gasteiger partial charge is 0.454 e. The van der Waals surface area contributed by atoms with Gasteiger partial charge in [0.2, 0.25) is 0 Å². The van der Waals surface area contributed by atoms with Gasteiger partial charge in [0.1, 0.15) is 6.10 Å². The van der Waals surface area contributed by atoms with Crippen LogP contribution in [-0.2, 0) is 11.2 Å². The van der Waals surface area contributed by atoms with Gasteiger partial charge in [-0.3, -0.25) is 4.79 Å². The van der Waals surface area contributed by atoms with E-state index in [4.69, 9.17) is 4.74 Å². The van der Waals surface area contributed by atoms with Crippen LogP contribution >= 0.6 is 0 Å². The number of carbonyl (C=O) groups is 2. The minimum atomic E-state index is -0.532. The Labute approximate surface area is 158 Å². The molecule has 3 aromatic carbocycles. The van der Waals surface area contributed by atoms with Gasteiger partial charge in [-0.25, -0.2) is 4.79 Å². The predicted molar refractivity (Wildman–Crippen MR) is 106 cm³/mol.